The molecule has 0 spiro atoms. The first kappa shape index (κ1) is 14.5. The summed E-state index contributed by atoms with van der Waals surface area (Å²) < 4.78 is 13.1. The molecule has 2 aromatic carbocycles. The summed E-state index contributed by atoms with van der Waals surface area (Å²) in [4.78, 5) is 18.2. The smallest absolute Gasteiger partial charge is 0.274 e. The molecule has 0 fully saturated rings. The minimum atomic E-state index is -0.0385. The molecule has 0 saturated heterocycles. The third-order valence-electron chi connectivity index (χ3n) is 4.55. The van der Waals surface area contributed by atoms with Gasteiger partial charge in [-0.3, -0.25) is 4.79 Å². The lowest BCUT2D eigenvalue weighted by molar-refractivity contribution is 0.174. The Morgan fingerprint density at radius 2 is 1.92 bits per heavy atom. The molecule has 0 amide bonds. The normalized spacial score (nSPS) is 14.1. The van der Waals surface area contributed by atoms with Gasteiger partial charge in [0.1, 0.15) is 0 Å². The Bertz CT molecular complexity index is 1270. The molecule has 0 aliphatic carbocycles. The van der Waals surface area contributed by atoms with Crippen LogP contribution in [0, 0.1) is 13.8 Å². The number of aromatic nitrogens is 2. The average Bonchev–Trinajstić information content (AvgIpc) is 3.25. The molecule has 1 aliphatic rings. The Hall–Kier alpha value is -2.86. The number of thiazole rings is 1. The van der Waals surface area contributed by atoms with Crippen LogP contribution in [0.4, 0.5) is 0 Å². The molecule has 3 heterocycles. The van der Waals surface area contributed by atoms with Crippen molar-refractivity contribution in [2.24, 2.45) is 0 Å². The number of aryl methyl sites for hydroxylation is 2. The van der Waals surface area contributed by atoms with Gasteiger partial charge in [0, 0.05) is 0 Å². The first-order chi connectivity index (χ1) is 12.1. The predicted molar refractivity (Wildman–Crippen MR) is 97.7 cm³/mol. The molecule has 6 heteroatoms. The molecule has 0 radical (unpaired) electrons. The molecule has 0 N–H and O–H groups in total. The fraction of sp³-hybridized carbons (Fsp3) is 0.158. The third-order valence-corrected chi connectivity index (χ3v) is 5.52. The maximum Gasteiger partial charge on any atom is 0.274 e. The highest BCUT2D eigenvalue weighted by atomic mass is 32.1. The van der Waals surface area contributed by atoms with E-state index in [2.05, 4.69) is 11.9 Å². The van der Waals surface area contributed by atoms with E-state index in [0.717, 1.165) is 32.9 Å². The van der Waals surface area contributed by atoms with Gasteiger partial charge in [0.25, 0.3) is 5.56 Å². The van der Waals surface area contributed by atoms with Gasteiger partial charge in [-0.2, -0.15) is 0 Å². The number of ether oxygens (including phenoxy) is 2. The fourth-order valence-corrected chi connectivity index (χ4v) is 4.06. The number of hydrogen-bond acceptors (Lipinski definition) is 5. The zero-order valence-electron chi connectivity index (χ0n) is 13.7. The summed E-state index contributed by atoms with van der Waals surface area (Å²) in [6.07, 6.45) is 1.87. The molecule has 0 unspecified atom stereocenters. The second-order valence-electron chi connectivity index (χ2n) is 6.18. The number of hydrogen-bond donors (Lipinski definition) is 0. The van der Waals surface area contributed by atoms with E-state index >= 15 is 0 Å². The summed E-state index contributed by atoms with van der Waals surface area (Å²) in [7, 11) is 0. The topological polar surface area (TPSA) is 52.8 Å². The van der Waals surface area contributed by atoms with Gasteiger partial charge in [-0.1, -0.05) is 17.4 Å². The summed E-state index contributed by atoms with van der Waals surface area (Å²) in [5, 5.41) is 0. The molecule has 5 rings (SSSR count). The standard InChI is InChI=1S/C19H14N2O3S/c1-10-5-13-14(6-11(10)2)21-18(22)17(25-19(21)20-13)8-12-3-4-15-16(7-12)24-9-23-15/h3-8H,9H2,1-2H3/b17-8+. The van der Waals surface area contributed by atoms with Crippen LogP contribution in [0.5, 0.6) is 11.5 Å². The van der Waals surface area contributed by atoms with Crippen molar-refractivity contribution in [1.29, 1.82) is 0 Å². The van der Waals surface area contributed by atoms with Crippen LogP contribution in [0.15, 0.2) is 35.1 Å². The van der Waals surface area contributed by atoms with Gasteiger partial charge in [0.15, 0.2) is 16.5 Å². The maximum absolute atomic E-state index is 12.9. The zero-order valence-corrected chi connectivity index (χ0v) is 14.5. The van der Waals surface area contributed by atoms with E-state index in [1.54, 1.807) is 4.40 Å². The molecule has 2 aromatic heterocycles. The second-order valence-corrected chi connectivity index (χ2v) is 7.19. The maximum atomic E-state index is 12.9. The van der Waals surface area contributed by atoms with Crippen molar-refractivity contribution in [2.45, 2.75) is 13.8 Å². The lowest BCUT2D eigenvalue weighted by atomic mass is 10.1. The lowest BCUT2D eigenvalue weighted by Crippen LogP contribution is -2.22. The molecular weight excluding hydrogens is 336 g/mol. The average molecular weight is 350 g/mol. The van der Waals surface area contributed by atoms with Gasteiger partial charge < -0.3 is 9.47 Å². The van der Waals surface area contributed by atoms with E-state index < -0.39 is 0 Å². The Kier molecular flexibility index (Phi) is 2.93. The fourth-order valence-electron chi connectivity index (χ4n) is 3.07. The molecule has 0 atom stereocenters. The molecule has 0 bridgehead atoms. The number of fused-ring (bicyclic) bond motifs is 4. The first-order valence-corrected chi connectivity index (χ1v) is 8.75. The van der Waals surface area contributed by atoms with Gasteiger partial charge in [-0.05, 0) is 60.9 Å². The highest BCUT2D eigenvalue weighted by Crippen LogP contribution is 2.32. The zero-order chi connectivity index (χ0) is 17.1. The van der Waals surface area contributed by atoms with Crippen LogP contribution in [-0.2, 0) is 0 Å². The first-order valence-electron chi connectivity index (χ1n) is 7.94. The van der Waals surface area contributed by atoms with Crippen molar-refractivity contribution in [2.75, 3.05) is 6.79 Å². The molecule has 4 aromatic rings. The van der Waals surface area contributed by atoms with Crippen molar-refractivity contribution in [1.82, 2.24) is 9.38 Å². The summed E-state index contributed by atoms with van der Waals surface area (Å²) >= 11 is 1.40. The van der Waals surface area contributed by atoms with Crippen LogP contribution in [0.3, 0.4) is 0 Å². The second kappa shape index (κ2) is 5.07. The van der Waals surface area contributed by atoms with Crippen LogP contribution in [0.25, 0.3) is 22.1 Å². The van der Waals surface area contributed by atoms with Crippen molar-refractivity contribution in [3.63, 3.8) is 0 Å². The van der Waals surface area contributed by atoms with Gasteiger partial charge in [-0.15, -0.1) is 0 Å². The molecule has 5 nitrogen and oxygen atoms in total. The lowest BCUT2D eigenvalue weighted by Gasteiger charge is -1.98. The molecule has 1 aliphatic heterocycles. The molecule has 0 saturated carbocycles. The van der Waals surface area contributed by atoms with Crippen LogP contribution in [0.2, 0.25) is 0 Å². The summed E-state index contributed by atoms with van der Waals surface area (Å²) in [5.74, 6) is 1.44. The van der Waals surface area contributed by atoms with Gasteiger partial charge in [0.2, 0.25) is 6.79 Å². The van der Waals surface area contributed by atoms with Gasteiger partial charge in [0.05, 0.1) is 15.6 Å². The molecular formula is C19H14N2O3S. The Balaban J connectivity index is 1.73. The van der Waals surface area contributed by atoms with Crippen LogP contribution in [0.1, 0.15) is 16.7 Å². The molecule has 124 valence electrons. The SMILES string of the molecule is Cc1cc2nc3s/c(=C/c4ccc5c(c4)OCO5)c(=O)n3c2cc1C. The van der Waals surface area contributed by atoms with E-state index in [9.17, 15) is 4.79 Å². The summed E-state index contributed by atoms with van der Waals surface area (Å²) in [5.41, 5.74) is 4.93. The Labute approximate surface area is 146 Å². The molecule has 25 heavy (non-hydrogen) atoms. The monoisotopic (exact) mass is 350 g/mol. The van der Waals surface area contributed by atoms with E-state index in [0.29, 0.717) is 10.3 Å². The number of nitrogens with zero attached hydrogens (tertiary/aromatic N) is 2. The van der Waals surface area contributed by atoms with Crippen LogP contribution < -0.4 is 19.6 Å². The van der Waals surface area contributed by atoms with Crippen LogP contribution >= 0.6 is 11.3 Å². The third kappa shape index (κ3) is 2.14. The summed E-state index contributed by atoms with van der Waals surface area (Å²) in [6, 6.07) is 9.73. The van der Waals surface area contributed by atoms with Gasteiger partial charge in [-0.25, -0.2) is 9.38 Å². The quantitative estimate of drug-likeness (QED) is 0.530. The van der Waals surface area contributed by atoms with E-state index in [4.69, 9.17) is 9.47 Å². The highest BCUT2D eigenvalue weighted by Gasteiger charge is 2.14. The summed E-state index contributed by atoms with van der Waals surface area (Å²) in [6.45, 7) is 4.34. The van der Waals surface area contributed by atoms with E-state index in [1.165, 1.54) is 16.9 Å². The number of imidazole rings is 1. The minimum Gasteiger partial charge on any atom is -0.454 e. The van der Waals surface area contributed by atoms with Gasteiger partial charge >= 0.3 is 0 Å². The highest BCUT2D eigenvalue weighted by molar-refractivity contribution is 7.15. The van der Waals surface area contributed by atoms with Crippen molar-refractivity contribution in [3.8, 4) is 11.5 Å². The van der Waals surface area contributed by atoms with Crippen LogP contribution in [-0.4, -0.2) is 16.2 Å². The van der Waals surface area contributed by atoms with Crippen molar-refractivity contribution >= 4 is 33.4 Å². The minimum absolute atomic E-state index is 0.0385. The largest absolute Gasteiger partial charge is 0.454 e. The number of rotatable bonds is 1. The van der Waals surface area contributed by atoms with E-state index in [-0.39, 0.29) is 12.4 Å². The van der Waals surface area contributed by atoms with Crippen molar-refractivity contribution < 1.29 is 9.47 Å². The van der Waals surface area contributed by atoms with E-state index in [1.807, 2.05) is 43.3 Å². The number of benzene rings is 2. The van der Waals surface area contributed by atoms with Crippen molar-refractivity contribution in [3.05, 3.63) is 61.9 Å². The Morgan fingerprint density at radius 1 is 1.12 bits per heavy atom. The predicted octanol–water partition coefficient (Wildman–Crippen LogP) is 2.80. The Morgan fingerprint density at radius 3 is 2.80 bits per heavy atom.